The van der Waals surface area contributed by atoms with Gasteiger partial charge in [0.05, 0.1) is 7.11 Å². The van der Waals surface area contributed by atoms with Crippen molar-refractivity contribution in [3.8, 4) is 0 Å². The zero-order valence-electron chi connectivity index (χ0n) is 9.50. The van der Waals surface area contributed by atoms with Gasteiger partial charge in [-0.25, -0.2) is 0 Å². The molecule has 1 rings (SSSR count). The predicted molar refractivity (Wildman–Crippen MR) is 67.1 cm³/mol. The fourth-order valence-corrected chi connectivity index (χ4v) is 1.92. The SMILES string of the molecule is COC(=O)CCC(N)c1cc(Br)ccc1C. The number of ether oxygens (including phenoxy) is 1. The van der Waals surface area contributed by atoms with E-state index in [0.29, 0.717) is 12.8 Å². The van der Waals surface area contributed by atoms with E-state index in [-0.39, 0.29) is 12.0 Å². The van der Waals surface area contributed by atoms with E-state index in [4.69, 9.17) is 5.73 Å². The lowest BCUT2D eigenvalue weighted by molar-refractivity contribution is -0.140. The molecule has 0 amide bonds. The Bertz CT molecular complexity index is 379. The van der Waals surface area contributed by atoms with Crippen molar-refractivity contribution in [2.24, 2.45) is 5.73 Å². The number of rotatable bonds is 4. The topological polar surface area (TPSA) is 52.3 Å². The van der Waals surface area contributed by atoms with Crippen LogP contribution in [0.3, 0.4) is 0 Å². The number of esters is 1. The number of benzene rings is 1. The molecule has 0 radical (unpaired) electrons. The van der Waals surface area contributed by atoms with Crippen LogP contribution >= 0.6 is 15.9 Å². The smallest absolute Gasteiger partial charge is 0.305 e. The van der Waals surface area contributed by atoms with E-state index in [2.05, 4.69) is 20.7 Å². The van der Waals surface area contributed by atoms with E-state index in [1.165, 1.54) is 7.11 Å². The lowest BCUT2D eigenvalue weighted by Gasteiger charge is -2.14. The summed E-state index contributed by atoms with van der Waals surface area (Å²) in [6, 6.07) is 5.86. The number of carbonyl (C=O) groups excluding carboxylic acids is 1. The van der Waals surface area contributed by atoms with Crippen molar-refractivity contribution in [3.05, 3.63) is 33.8 Å². The second-order valence-electron chi connectivity index (χ2n) is 3.72. The van der Waals surface area contributed by atoms with Crippen LogP contribution in [0.2, 0.25) is 0 Å². The summed E-state index contributed by atoms with van der Waals surface area (Å²) >= 11 is 3.41. The van der Waals surface area contributed by atoms with Gasteiger partial charge in [-0.15, -0.1) is 0 Å². The van der Waals surface area contributed by atoms with E-state index in [1.54, 1.807) is 0 Å². The molecular formula is C12H16BrNO2. The Morgan fingerprint density at radius 3 is 2.88 bits per heavy atom. The highest BCUT2D eigenvalue weighted by Crippen LogP contribution is 2.23. The van der Waals surface area contributed by atoms with Crippen molar-refractivity contribution in [1.29, 1.82) is 0 Å². The first-order valence-corrected chi connectivity index (χ1v) is 5.92. The molecule has 0 spiro atoms. The Kier molecular flexibility index (Phi) is 4.96. The van der Waals surface area contributed by atoms with E-state index in [9.17, 15) is 4.79 Å². The van der Waals surface area contributed by atoms with Crippen LogP contribution in [-0.4, -0.2) is 13.1 Å². The average Bonchev–Trinajstić information content (AvgIpc) is 2.28. The van der Waals surface area contributed by atoms with Gasteiger partial charge in [0.15, 0.2) is 0 Å². The van der Waals surface area contributed by atoms with Gasteiger partial charge in [-0.1, -0.05) is 22.0 Å². The molecule has 0 fully saturated rings. The Morgan fingerprint density at radius 1 is 1.56 bits per heavy atom. The molecule has 2 N–H and O–H groups in total. The Hall–Kier alpha value is -0.870. The molecule has 1 aromatic carbocycles. The van der Waals surface area contributed by atoms with Gasteiger partial charge in [0.2, 0.25) is 0 Å². The number of aryl methyl sites for hydroxylation is 1. The third kappa shape index (κ3) is 3.61. The van der Waals surface area contributed by atoms with Gasteiger partial charge >= 0.3 is 5.97 Å². The first-order chi connectivity index (χ1) is 7.54. The van der Waals surface area contributed by atoms with Crippen LogP contribution in [0.25, 0.3) is 0 Å². The molecule has 0 saturated heterocycles. The summed E-state index contributed by atoms with van der Waals surface area (Å²) in [5.74, 6) is -0.219. The second-order valence-corrected chi connectivity index (χ2v) is 4.64. The maximum absolute atomic E-state index is 11.0. The molecular weight excluding hydrogens is 270 g/mol. The van der Waals surface area contributed by atoms with E-state index in [1.807, 2.05) is 25.1 Å². The monoisotopic (exact) mass is 285 g/mol. The molecule has 0 heterocycles. The van der Waals surface area contributed by atoms with Crippen LogP contribution < -0.4 is 5.73 Å². The van der Waals surface area contributed by atoms with E-state index >= 15 is 0 Å². The van der Waals surface area contributed by atoms with Gasteiger partial charge in [0.25, 0.3) is 0 Å². The van der Waals surface area contributed by atoms with Crippen molar-refractivity contribution in [1.82, 2.24) is 0 Å². The summed E-state index contributed by atoms with van der Waals surface area (Å²) < 4.78 is 5.59. The van der Waals surface area contributed by atoms with E-state index < -0.39 is 0 Å². The van der Waals surface area contributed by atoms with Crippen LogP contribution in [0, 0.1) is 6.92 Å². The number of hydrogen-bond donors (Lipinski definition) is 1. The molecule has 1 unspecified atom stereocenters. The van der Waals surface area contributed by atoms with Crippen molar-refractivity contribution < 1.29 is 9.53 Å². The Morgan fingerprint density at radius 2 is 2.25 bits per heavy atom. The number of methoxy groups -OCH3 is 1. The summed E-state index contributed by atoms with van der Waals surface area (Å²) in [7, 11) is 1.39. The standard InChI is InChI=1S/C12H16BrNO2/c1-8-3-4-9(13)7-10(8)11(14)5-6-12(15)16-2/h3-4,7,11H,5-6,14H2,1-2H3. The Balaban J connectivity index is 2.68. The number of hydrogen-bond acceptors (Lipinski definition) is 3. The minimum atomic E-state index is -0.219. The van der Waals surface area contributed by atoms with Crippen molar-refractivity contribution in [3.63, 3.8) is 0 Å². The molecule has 0 aliphatic rings. The molecule has 1 aromatic rings. The molecule has 1 atom stereocenters. The van der Waals surface area contributed by atoms with Crippen LogP contribution in [0.5, 0.6) is 0 Å². The molecule has 0 aliphatic heterocycles. The molecule has 16 heavy (non-hydrogen) atoms. The summed E-state index contributed by atoms with van der Waals surface area (Å²) in [4.78, 5) is 11.0. The van der Waals surface area contributed by atoms with Gasteiger partial charge in [-0.2, -0.15) is 0 Å². The molecule has 3 nitrogen and oxygen atoms in total. The summed E-state index contributed by atoms with van der Waals surface area (Å²) in [6.45, 7) is 2.01. The van der Waals surface area contributed by atoms with Crippen LogP contribution in [0.15, 0.2) is 22.7 Å². The summed E-state index contributed by atoms with van der Waals surface area (Å²) in [6.07, 6.45) is 0.952. The fourth-order valence-electron chi connectivity index (χ4n) is 1.54. The minimum absolute atomic E-state index is 0.128. The number of halogens is 1. The first-order valence-electron chi connectivity index (χ1n) is 5.13. The van der Waals surface area contributed by atoms with Crippen LogP contribution in [0.1, 0.15) is 30.0 Å². The van der Waals surface area contributed by atoms with Gasteiger partial charge in [-0.3, -0.25) is 4.79 Å². The first kappa shape index (κ1) is 13.2. The highest BCUT2D eigenvalue weighted by molar-refractivity contribution is 9.10. The average molecular weight is 286 g/mol. The van der Waals surface area contributed by atoms with Gasteiger partial charge in [-0.05, 0) is 36.6 Å². The highest BCUT2D eigenvalue weighted by Gasteiger charge is 2.11. The maximum Gasteiger partial charge on any atom is 0.305 e. The lowest BCUT2D eigenvalue weighted by atomic mass is 9.98. The van der Waals surface area contributed by atoms with Crippen LogP contribution in [-0.2, 0) is 9.53 Å². The van der Waals surface area contributed by atoms with Crippen molar-refractivity contribution >= 4 is 21.9 Å². The molecule has 88 valence electrons. The predicted octanol–water partition coefficient (Wildman–Crippen LogP) is 2.71. The number of nitrogens with two attached hydrogens (primary N) is 1. The van der Waals surface area contributed by atoms with E-state index in [0.717, 1.165) is 15.6 Å². The van der Waals surface area contributed by atoms with Crippen molar-refractivity contribution in [2.75, 3.05) is 7.11 Å². The quantitative estimate of drug-likeness (QED) is 0.866. The highest BCUT2D eigenvalue weighted by atomic mass is 79.9. The fraction of sp³-hybridized carbons (Fsp3) is 0.417. The molecule has 4 heteroatoms. The molecule has 0 bridgehead atoms. The third-order valence-electron chi connectivity index (χ3n) is 2.53. The number of carbonyl (C=O) groups is 1. The normalized spacial score (nSPS) is 12.2. The van der Waals surface area contributed by atoms with Gasteiger partial charge < -0.3 is 10.5 Å². The van der Waals surface area contributed by atoms with Crippen LogP contribution in [0.4, 0.5) is 0 Å². The summed E-state index contributed by atoms with van der Waals surface area (Å²) in [5, 5.41) is 0. The van der Waals surface area contributed by atoms with Gasteiger partial charge in [0.1, 0.15) is 0 Å². The zero-order chi connectivity index (χ0) is 12.1. The second kappa shape index (κ2) is 6.01. The lowest BCUT2D eigenvalue weighted by Crippen LogP contribution is -2.14. The largest absolute Gasteiger partial charge is 0.469 e. The molecule has 0 aromatic heterocycles. The summed E-state index contributed by atoms with van der Waals surface area (Å²) in [5.41, 5.74) is 8.25. The molecule has 0 saturated carbocycles. The maximum atomic E-state index is 11.0. The molecule has 0 aliphatic carbocycles. The third-order valence-corrected chi connectivity index (χ3v) is 3.02. The van der Waals surface area contributed by atoms with Gasteiger partial charge in [0, 0.05) is 16.9 Å². The minimum Gasteiger partial charge on any atom is -0.469 e. The zero-order valence-corrected chi connectivity index (χ0v) is 11.1. The Labute approximate surface area is 104 Å². The van der Waals surface area contributed by atoms with Crippen molar-refractivity contribution in [2.45, 2.75) is 25.8 Å².